The average Bonchev–Trinajstić information content (AvgIpc) is 3.28. The van der Waals surface area contributed by atoms with Crippen LogP contribution >= 0.6 is 11.8 Å². The Kier molecular flexibility index (Phi) is 5.64. The Morgan fingerprint density at radius 1 is 1.09 bits per heavy atom. The predicted octanol–water partition coefficient (Wildman–Crippen LogP) is 3.34. The van der Waals surface area contributed by atoms with Gasteiger partial charge in [0.1, 0.15) is 24.6 Å². The van der Waals surface area contributed by atoms with Crippen molar-refractivity contribution in [3.8, 4) is 17.2 Å². The Labute approximate surface area is 189 Å². The quantitative estimate of drug-likeness (QED) is 0.331. The molecule has 2 aromatic heterocycles. The number of hydrogen-bond acceptors (Lipinski definition) is 7. The van der Waals surface area contributed by atoms with Crippen LogP contribution in [0, 0.1) is 0 Å². The number of nitrogens with zero attached hydrogens (tertiary/aromatic N) is 5. The molecule has 0 fully saturated rings. The summed E-state index contributed by atoms with van der Waals surface area (Å²) < 4.78 is 13.0. The zero-order chi connectivity index (χ0) is 21.9. The Morgan fingerprint density at radius 2 is 1.91 bits per heavy atom. The van der Waals surface area contributed by atoms with E-state index in [-0.39, 0.29) is 11.7 Å². The van der Waals surface area contributed by atoms with Gasteiger partial charge in [0.25, 0.3) is 0 Å². The van der Waals surface area contributed by atoms with Crippen LogP contribution in [0.5, 0.6) is 11.5 Å². The molecule has 9 heteroatoms. The van der Waals surface area contributed by atoms with Crippen LogP contribution in [-0.4, -0.2) is 56.6 Å². The van der Waals surface area contributed by atoms with E-state index in [2.05, 4.69) is 15.1 Å². The van der Waals surface area contributed by atoms with Gasteiger partial charge in [-0.25, -0.2) is 14.6 Å². The maximum Gasteiger partial charge on any atom is 0.233 e. The van der Waals surface area contributed by atoms with Crippen molar-refractivity contribution in [2.75, 3.05) is 26.0 Å². The van der Waals surface area contributed by atoms with E-state index in [1.807, 2.05) is 48.5 Å². The molecule has 0 radical (unpaired) electrons. The minimum atomic E-state index is 0.00658. The summed E-state index contributed by atoms with van der Waals surface area (Å²) in [6.07, 6.45) is 3.25. The summed E-state index contributed by atoms with van der Waals surface area (Å²) in [7, 11) is 1.79. The maximum absolute atomic E-state index is 12.8. The highest BCUT2D eigenvalue weighted by molar-refractivity contribution is 8.00. The molecule has 8 nitrogen and oxygen atoms in total. The molecule has 0 aliphatic carbocycles. The molecule has 4 aromatic rings. The van der Waals surface area contributed by atoms with Crippen molar-refractivity contribution in [1.82, 2.24) is 24.6 Å². The third kappa shape index (κ3) is 4.11. The van der Waals surface area contributed by atoms with Crippen LogP contribution < -0.4 is 9.47 Å². The summed E-state index contributed by atoms with van der Waals surface area (Å²) >= 11 is 1.39. The number of aromatic nitrogens is 4. The predicted molar refractivity (Wildman–Crippen MR) is 121 cm³/mol. The Morgan fingerprint density at radius 3 is 2.75 bits per heavy atom. The van der Waals surface area contributed by atoms with E-state index in [1.165, 1.54) is 18.1 Å². The molecule has 162 valence electrons. The van der Waals surface area contributed by atoms with Gasteiger partial charge in [0.2, 0.25) is 5.91 Å². The third-order valence-corrected chi connectivity index (χ3v) is 6.10. The first kappa shape index (κ1) is 20.3. The van der Waals surface area contributed by atoms with Crippen LogP contribution in [-0.2, 0) is 11.3 Å². The number of carbonyl (C=O) groups excluding carboxylic acids is 1. The van der Waals surface area contributed by atoms with Crippen molar-refractivity contribution in [2.45, 2.75) is 11.6 Å². The number of fused-ring (bicyclic) bond motifs is 2. The zero-order valence-corrected chi connectivity index (χ0v) is 18.3. The molecule has 0 bridgehead atoms. The standard InChI is InChI=1S/C23H21N5O3S/c1-27(13-16-7-8-19-20(11-16)31-10-9-30-19)21(29)14-32-23-18-12-26-28(22(18)24-15-25-23)17-5-3-2-4-6-17/h2-8,11-12,15H,9-10,13-14H2,1H3. The summed E-state index contributed by atoms with van der Waals surface area (Å²) in [4.78, 5) is 23.2. The second-order valence-electron chi connectivity index (χ2n) is 7.32. The highest BCUT2D eigenvalue weighted by atomic mass is 32.2. The Bertz CT molecular complexity index is 1260. The number of thioether (sulfide) groups is 1. The number of rotatable bonds is 6. The minimum absolute atomic E-state index is 0.00658. The molecular formula is C23H21N5O3S. The first-order valence-corrected chi connectivity index (χ1v) is 11.2. The van der Waals surface area contributed by atoms with E-state index in [9.17, 15) is 4.79 Å². The normalized spacial score (nSPS) is 12.7. The summed E-state index contributed by atoms with van der Waals surface area (Å²) in [6, 6.07) is 15.6. The lowest BCUT2D eigenvalue weighted by Gasteiger charge is -2.21. The molecule has 1 aliphatic rings. The number of hydrogen-bond donors (Lipinski definition) is 0. The van der Waals surface area contributed by atoms with E-state index >= 15 is 0 Å². The van der Waals surface area contributed by atoms with Gasteiger partial charge in [-0.2, -0.15) is 5.10 Å². The molecule has 0 atom stereocenters. The number of carbonyl (C=O) groups is 1. The summed E-state index contributed by atoms with van der Waals surface area (Å²) in [5.74, 6) is 1.74. The van der Waals surface area contributed by atoms with E-state index < -0.39 is 0 Å². The largest absolute Gasteiger partial charge is 0.486 e. The van der Waals surface area contributed by atoms with E-state index in [1.54, 1.807) is 22.8 Å². The van der Waals surface area contributed by atoms with Gasteiger partial charge in [-0.3, -0.25) is 4.79 Å². The molecule has 5 rings (SSSR count). The highest BCUT2D eigenvalue weighted by Gasteiger charge is 2.17. The highest BCUT2D eigenvalue weighted by Crippen LogP contribution is 2.31. The molecule has 0 saturated heterocycles. The molecular weight excluding hydrogens is 426 g/mol. The van der Waals surface area contributed by atoms with Gasteiger partial charge in [-0.15, -0.1) is 0 Å². The van der Waals surface area contributed by atoms with E-state index in [0.29, 0.717) is 25.4 Å². The van der Waals surface area contributed by atoms with Crippen LogP contribution in [0.25, 0.3) is 16.7 Å². The van der Waals surface area contributed by atoms with Crippen molar-refractivity contribution in [2.24, 2.45) is 0 Å². The molecule has 2 aromatic carbocycles. The lowest BCUT2D eigenvalue weighted by Crippen LogP contribution is -2.28. The molecule has 0 spiro atoms. The Balaban J connectivity index is 1.26. The fourth-order valence-electron chi connectivity index (χ4n) is 3.48. The Hall–Kier alpha value is -3.59. The number of ether oxygens (including phenoxy) is 2. The van der Waals surface area contributed by atoms with Crippen molar-refractivity contribution in [1.29, 1.82) is 0 Å². The fourth-order valence-corrected chi connectivity index (χ4v) is 4.39. The smallest absolute Gasteiger partial charge is 0.233 e. The molecule has 1 aliphatic heterocycles. The number of amides is 1. The van der Waals surface area contributed by atoms with Gasteiger partial charge in [0.05, 0.1) is 23.0 Å². The average molecular weight is 448 g/mol. The lowest BCUT2D eigenvalue weighted by atomic mass is 10.2. The first-order valence-electron chi connectivity index (χ1n) is 10.2. The van der Waals surface area contributed by atoms with Crippen molar-refractivity contribution >= 4 is 28.7 Å². The SMILES string of the molecule is CN(Cc1ccc2c(c1)OCCO2)C(=O)CSc1ncnc2c1cnn2-c1ccccc1. The molecule has 1 amide bonds. The van der Waals surface area contributed by atoms with Gasteiger partial charge in [0.15, 0.2) is 17.1 Å². The number of benzene rings is 2. The lowest BCUT2D eigenvalue weighted by molar-refractivity contribution is -0.127. The second kappa shape index (κ2) is 8.88. The summed E-state index contributed by atoms with van der Waals surface area (Å²) in [6.45, 7) is 1.58. The molecule has 3 heterocycles. The molecule has 0 unspecified atom stereocenters. The van der Waals surface area contributed by atoms with Gasteiger partial charge >= 0.3 is 0 Å². The van der Waals surface area contributed by atoms with Crippen LogP contribution in [0.15, 0.2) is 66.1 Å². The fraction of sp³-hybridized carbons (Fsp3) is 0.217. The minimum Gasteiger partial charge on any atom is -0.486 e. The van der Waals surface area contributed by atoms with E-state index in [0.717, 1.165) is 33.2 Å². The molecule has 32 heavy (non-hydrogen) atoms. The second-order valence-corrected chi connectivity index (χ2v) is 8.29. The summed E-state index contributed by atoms with van der Waals surface area (Å²) in [5.41, 5.74) is 2.63. The van der Waals surface area contributed by atoms with Gasteiger partial charge < -0.3 is 14.4 Å². The van der Waals surface area contributed by atoms with Crippen molar-refractivity contribution in [3.05, 3.63) is 66.6 Å². The summed E-state index contributed by atoms with van der Waals surface area (Å²) in [5, 5.41) is 6.02. The zero-order valence-electron chi connectivity index (χ0n) is 17.5. The van der Waals surface area contributed by atoms with Crippen molar-refractivity contribution < 1.29 is 14.3 Å². The molecule has 0 N–H and O–H groups in total. The van der Waals surface area contributed by atoms with Crippen LogP contribution in [0.2, 0.25) is 0 Å². The maximum atomic E-state index is 12.8. The van der Waals surface area contributed by atoms with Gasteiger partial charge in [-0.1, -0.05) is 36.0 Å². The van der Waals surface area contributed by atoms with Crippen LogP contribution in [0.1, 0.15) is 5.56 Å². The third-order valence-electron chi connectivity index (χ3n) is 5.11. The topological polar surface area (TPSA) is 82.4 Å². The van der Waals surface area contributed by atoms with Crippen LogP contribution in [0.4, 0.5) is 0 Å². The monoisotopic (exact) mass is 447 g/mol. The molecule has 0 saturated carbocycles. The number of para-hydroxylation sites is 1. The first-order chi connectivity index (χ1) is 15.7. The van der Waals surface area contributed by atoms with Gasteiger partial charge in [-0.05, 0) is 29.8 Å². The van der Waals surface area contributed by atoms with Crippen molar-refractivity contribution in [3.63, 3.8) is 0 Å². The van der Waals surface area contributed by atoms with E-state index in [4.69, 9.17) is 9.47 Å². The van der Waals surface area contributed by atoms with Gasteiger partial charge in [0, 0.05) is 13.6 Å². The van der Waals surface area contributed by atoms with Crippen LogP contribution in [0.3, 0.4) is 0 Å².